The molecule has 0 saturated carbocycles. The summed E-state index contributed by atoms with van der Waals surface area (Å²) in [5.74, 6) is -0.0694. The van der Waals surface area contributed by atoms with Crippen molar-refractivity contribution in [3.8, 4) is 11.5 Å². The van der Waals surface area contributed by atoms with Gasteiger partial charge in [-0.2, -0.15) is 0 Å². The molecule has 0 aliphatic carbocycles. The molecule has 0 fully saturated rings. The largest absolute Gasteiger partial charge is 0.436 e. The molecule has 1 N–H and O–H groups in total. The molecule has 5 rings (SSSR count). The van der Waals surface area contributed by atoms with Crippen LogP contribution in [0.5, 0.6) is 0 Å². The van der Waals surface area contributed by atoms with Crippen molar-refractivity contribution in [3.05, 3.63) is 99.6 Å². The molecule has 0 radical (unpaired) electrons. The smallest absolute Gasteiger partial charge is 0.288 e. The van der Waals surface area contributed by atoms with Gasteiger partial charge in [0.25, 0.3) is 11.6 Å². The van der Waals surface area contributed by atoms with Gasteiger partial charge in [-0.15, -0.1) is 0 Å². The Labute approximate surface area is 186 Å². The van der Waals surface area contributed by atoms with Gasteiger partial charge in [-0.05, 0) is 41.8 Å². The van der Waals surface area contributed by atoms with Gasteiger partial charge >= 0.3 is 0 Å². The lowest BCUT2D eigenvalue weighted by Gasteiger charge is -2.07. The Morgan fingerprint density at radius 1 is 1.00 bits per heavy atom. The van der Waals surface area contributed by atoms with Crippen LogP contribution < -0.4 is 5.32 Å². The maximum Gasteiger partial charge on any atom is 0.288 e. The van der Waals surface area contributed by atoms with Gasteiger partial charge in [-0.1, -0.05) is 48.0 Å². The molecule has 0 bridgehead atoms. The quantitative estimate of drug-likeness (QED) is 0.254. The molecule has 0 atom stereocenters. The molecular formula is C24H14ClN3O4. The number of fused-ring (bicyclic) bond motifs is 3. The fourth-order valence-corrected chi connectivity index (χ4v) is 3.70. The van der Waals surface area contributed by atoms with Crippen molar-refractivity contribution in [2.45, 2.75) is 0 Å². The fraction of sp³-hybridized carbons (Fsp3) is 0. The summed E-state index contributed by atoms with van der Waals surface area (Å²) in [4.78, 5) is 27.7. The Morgan fingerprint density at radius 3 is 2.69 bits per heavy atom. The number of halogens is 1. The number of benzene rings is 4. The molecule has 4 aromatic carbocycles. The number of nitrogens with one attached hydrogen (secondary N) is 1. The lowest BCUT2D eigenvalue weighted by Crippen LogP contribution is -2.12. The minimum Gasteiger partial charge on any atom is -0.436 e. The molecule has 0 aliphatic rings. The Kier molecular flexibility index (Phi) is 4.80. The average molecular weight is 444 g/mol. The van der Waals surface area contributed by atoms with Crippen molar-refractivity contribution >= 4 is 50.8 Å². The second kappa shape index (κ2) is 7.79. The molecule has 1 amide bonds. The first-order valence-electron chi connectivity index (χ1n) is 9.63. The Balaban J connectivity index is 1.46. The van der Waals surface area contributed by atoms with Gasteiger partial charge in [-0.25, -0.2) is 4.98 Å². The monoisotopic (exact) mass is 443 g/mol. The summed E-state index contributed by atoms with van der Waals surface area (Å²) in [6.07, 6.45) is 0. The summed E-state index contributed by atoms with van der Waals surface area (Å²) in [6, 6.07) is 22.7. The Bertz CT molecular complexity index is 1530. The molecular weight excluding hydrogens is 430 g/mol. The topological polar surface area (TPSA) is 98.3 Å². The lowest BCUT2D eigenvalue weighted by atomic mass is 10.1. The number of hydrogen-bond donors (Lipinski definition) is 1. The predicted octanol–water partition coefficient (Wildman–Crippen LogP) is 6.46. The van der Waals surface area contributed by atoms with Crippen LogP contribution in [0.2, 0.25) is 5.02 Å². The Hall–Kier alpha value is -4.23. The molecule has 8 heteroatoms. The highest BCUT2D eigenvalue weighted by atomic mass is 35.5. The molecule has 5 aromatic rings. The maximum absolute atomic E-state index is 12.6. The normalized spacial score (nSPS) is 11.0. The van der Waals surface area contributed by atoms with Crippen molar-refractivity contribution in [1.29, 1.82) is 0 Å². The number of hydrogen-bond acceptors (Lipinski definition) is 5. The summed E-state index contributed by atoms with van der Waals surface area (Å²) in [7, 11) is 0. The van der Waals surface area contributed by atoms with Gasteiger partial charge in [0.15, 0.2) is 5.58 Å². The van der Waals surface area contributed by atoms with Crippen molar-refractivity contribution in [2.24, 2.45) is 0 Å². The average Bonchev–Trinajstić information content (AvgIpc) is 3.24. The zero-order chi connectivity index (χ0) is 22.2. The van der Waals surface area contributed by atoms with Gasteiger partial charge in [0.05, 0.1) is 4.92 Å². The third-order valence-electron chi connectivity index (χ3n) is 5.06. The SMILES string of the molecule is O=C(Nc1cccc(-c2nc3c(ccc4ccccc43)o2)c1)c1ccc(Cl)c([N+](=O)[O-])c1. The minimum absolute atomic E-state index is 0.0305. The summed E-state index contributed by atoms with van der Waals surface area (Å²) in [6.45, 7) is 0. The van der Waals surface area contributed by atoms with E-state index in [1.165, 1.54) is 12.1 Å². The number of anilines is 1. The van der Waals surface area contributed by atoms with E-state index in [4.69, 9.17) is 16.0 Å². The summed E-state index contributed by atoms with van der Waals surface area (Å²) in [5, 5.41) is 15.9. The fourth-order valence-electron chi connectivity index (χ4n) is 3.51. The number of nitro benzene ring substituents is 1. The van der Waals surface area contributed by atoms with Crippen LogP contribution in [0, 0.1) is 10.1 Å². The summed E-state index contributed by atoms with van der Waals surface area (Å²) < 4.78 is 5.95. The van der Waals surface area contributed by atoms with E-state index in [-0.39, 0.29) is 16.3 Å². The molecule has 32 heavy (non-hydrogen) atoms. The van der Waals surface area contributed by atoms with E-state index < -0.39 is 10.8 Å². The zero-order valence-electron chi connectivity index (χ0n) is 16.4. The standard InChI is InChI=1S/C24H14ClN3O4/c25-19-10-8-15(13-20(19)28(30)31)23(29)26-17-6-3-5-16(12-17)24-27-22-18-7-2-1-4-14(18)9-11-21(22)32-24/h1-13H,(H,26,29). The van der Waals surface area contributed by atoms with Crippen LogP contribution in [0.1, 0.15) is 10.4 Å². The van der Waals surface area contributed by atoms with E-state index in [0.29, 0.717) is 22.7 Å². The van der Waals surface area contributed by atoms with Crippen LogP contribution in [0.25, 0.3) is 33.3 Å². The lowest BCUT2D eigenvalue weighted by molar-refractivity contribution is -0.384. The number of nitro groups is 1. The highest BCUT2D eigenvalue weighted by molar-refractivity contribution is 6.32. The van der Waals surface area contributed by atoms with Gasteiger partial charge in [-0.3, -0.25) is 14.9 Å². The third kappa shape index (κ3) is 3.55. The van der Waals surface area contributed by atoms with Crippen LogP contribution in [0.3, 0.4) is 0 Å². The molecule has 0 unspecified atom stereocenters. The predicted molar refractivity (Wildman–Crippen MR) is 123 cm³/mol. The van der Waals surface area contributed by atoms with Gasteiger partial charge in [0.1, 0.15) is 10.5 Å². The van der Waals surface area contributed by atoms with Crippen LogP contribution in [0.4, 0.5) is 11.4 Å². The first kappa shape index (κ1) is 19.7. The van der Waals surface area contributed by atoms with Gasteiger partial charge in [0.2, 0.25) is 5.89 Å². The number of aromatic nitrogens is 1. The van der Waals surface area contributed by atoms with E-state index in [1.807, 2.05) is 42.5 Å². The first-order chi connectivity index (χ1) is 15.5. The second-order valence-corrected chi connectivity index (χ2v) is 7.52. The molecule has 156 valence electrons. The van der Waals surface area contributed by atoms with E-state index in [9.17, 15) is 14.9 Å². The molecule has 7 nitrogen and oxygen atoms in total. The van der Waals surface area contributed by atoms with Crippen LogP contribution in [-0.2, 0) is 0 Å². The molecule has 1 aromatic heterocycles. The van der Waals surface area contributed by atoms with E-state index in [0.717, 1.165) is 22.4 Å². The highest BCUT2D eigenvalue weighted by Gasteiger charge is 2.17. The van der Waals surface area contributed by atoms with Gasteiger partial charge in [0, 0.05) is 28.3 Å². The molecule has 0 spiro atoms. The number of oxazole rings is 1. The zero-order valence-corrected chi connectivity index (χ0v) is 17.2. The van der Waals surface area contributed by atoms with Gasteiger partial charge < -0.3 is 9.73 Å². The van der Waals surface area contributed by atoms with Crippen molar-refractivity contribution in [2.75, 3.05) is 5.32 Å². The van der Waals surface area contributed by atoms with E-state index >= 15 is 0 Å². The summed E-state index contributed by atoms with van der Waals surface area (Å²) >= 11 is 5.82. The van der Waals surface area contributed by atoms with Crippen molar-refractivity contribution in [3.63, 3.8) is 0 Å². The van der Waals surface area contributed by atoms with Crippen LogP contribution in [0.15, 0.2) is 83.3 Å². The Morgan fingerprint density at radius 2 is 1.84 bits per heavy atom. The van der Waals surface area contributed by atoms with E-state index in [1.54, 1.807) is 18.2 Å². The molecule has 0 saturated heterocycles. The van der Waals surface area contributed by atoms with Crippen LogP contribution >= 0.6 is 11.6 Å². The number of carbonyl (C=O) groups excluding carboxylic acids is 1. The van der Waals surface area contributed by atoms with E-state index in [2.05, 4.69) is 10.3 Å². The van der Waals surface area contributed by atoms with Crippen LogP contribution in [-0.4, -0.2) is 15.8 Å². The molecule has 0 aliphatic heterocycles. The number of amides is 1. The number of rotatable bonds is 4. The third-order valence-corrected chi connectivity index (χ3v) is 5.38. The number of nitrogens with zero attached hydrogens (tertiary/aromatic N) is 2. The maximum atomic E-state index is 12.6. The summed E-state index contributed by atoms with van der Waals surface area (Å²) in [5.41, 5.74) is 2.41. The molecule has 1 heterocycles. The number of carbonyl (C=O) groups is 1. The van der Waals surface area contributed by atoms with Crippen molar-refractivity contribution in [1.82, 2.24) is 4.98 Å². The minimum atomic E-state index is -0.628. The second-order valence-electron chi connectivity index (χ2n) is 7.11. The van der Waals surface area contributed by atoms with Crippen molar-refractivity contribution < 1.29 is 14.1 Å². The highest BCUT2D eigenvalue weighted by Crippen LogP contribution is 2.31. The first-order valence-corrected chi connectivity index (χ1v) is 10.0.